The maximum Gasteiger partial charge on any atom is 0.326 e. The Labute approximate surface area is 240 Å². The van der Waals surface area contributed by atoms with Gasteiger partial charge in [-0.2, -0.15) is 0 Å². The Morgan fingerprint density at radius 2 is 1.32 bits per heavy atom. The van der Waals surface area contributed by atoms with Crippen LogP contribution in [0.3, 0.4) is 0 Å². The lowest BCUT2D eigenvalue weighted by atomic mass is 9.97. The first kappa shape index (κ1) is 37.7. The number of carbonyl (C=O) groups excluding carboxylic acids is 4. The van der Waals surface area contributed by atoms with Crippen LogP contribution >= 0.6 is 0 Å². The predicted molar refractivity (Wildman–Crippen MR) is 149 cm³/mol. The van der Waals surface area contributed by atoms with Crippen molar-refractivity contribution in [2.75, 3.05) is 13.2 Å². The van der Waals surface area contributed by atoms with Crippen molar-refractivity contribution < 1.29 is 44.1 Å². The van der Waals surface area contributed by atoms with Gasteiger partial charge in [-0.15, -0.1) is 0 Å². The molecule has 0 spiro atoms. The third kappa shape index (κ3) is 14.8. The fraction of sp³-hybridized carbons (Fsp3) is 0.769. The van der Waals surface area contributed by atoms with Gasteiger partial charge in [-0.05, 0) is 44.1 Å². The zero-order valence-electron chi connectivity index (χ0n) is 24.4. The lowest BCUT2D eigenvalue weighted by Gasteiger charge is -2.28. The summed E-state index contributed by atoms with van der Waals surface area (Å²) in [6.45, 7) is 6.67. The quantitative estimate of drug-likeness (QED) is 0.0690. The van der Waals surface area contributed by atoms with Crippen LogP contribution in [0.15, 0.2) is 0 Å². The van der Waals surface area contributed by atoms with Crippen molar-refractivity contribution in [3.8, 4) is 0 Å². The summed E-state index contributed by atoms with van der Waals surface area (Å²) in [5.41, 5.74) is 11.4. The molecule has 0 aromatic heterocycles. The zero-order valence-corrected chi connectivity index (χ0v) is 24.4. The summed E-state index contributed by atoms with van der Waals surface area (Å²) in [5.74, 6) is -6.24. The van der Waals surface area contributed by atoms with Gasteiger partial charge in [0.2, 0.25) is 23.6 Å². The number of carboxylic acids is 2. The molecule has 6 atom stereocenters. The van der Waals surface area contributed by atoms with E-state index in [1.54, 1.807) is 13.8 Å². The summed E-state index contributed by atoms with van der Waals surface area (Å²) >= 11 is 0. The van der Waals surface area contributed by atoms with E-state index in [1.807, 2.05) is 13.8 Å². The SMILES string of the molecule is CC[C@H](C)[C@H](NC(=O)[C@H](CO)NC(=O)[C@H](CC(C)C)NC(=O)[C@@H](N)CCCCN)C(=O)N[C@@H](CCC(=O)O)C(=O)O. The largest absolute Gasteiger partial charge is 0.481 e. The third-order valence-corrected chi connectivity index (χ3v) is 6.52. The van der Waals surface area contributed by atoms with E-state index < -0.39 is 84.7 Å². The Kier molecular flexibility index (Phi) is 18.1. The van der Waals surface area contributed by atoms with E-state index in [-0.39, 0.29) is 18.8 Å². The van der Waals surface area contributed by atoms with Gasteiger partial charge in [-0.25, -0.2) is 4.79 Å². The van der Waals surface area contributed by atoms with Gasteiger partial charge in [0.15, 0.2) is 0 Å². The van der Waals surface area contributed by atoms with Crippen molar-refractivity contribution in [2.24, 2.45) is 23.3 Å². The second kappa shape index (κ2) is 19.7. The summed E-state index contributed by atoms with van der Waals surface area (Å²) in [6.07, 6.45) is 1.46. The smallest absolute Gasteiger partial charge is 0.326 e. The van der Waals surface area contributed by atoms with Crippen molar-refractivity contribution in [1.82, 2.24) is 21.3 Å². The number of nitrogens with two attached hydrogens (primary N) is 2. The number of rotatable bonds is 21. The Morgan fingerprint density at radius 1 is 0.756 bits per heavy atom. The third-order valence-electron chi connectivity index (χ3n) is 6.52. The summed E-state index contributed by atoms with van der Waals surface area (Å²) in [6, 6.07) is -6.15. The molecule has 0 aliphatic carbocycles. The van der Waals surface area contributed by atoms with Crippen molar-refractivity contribution in [3.63, 3.8) is 0 Å². The van der Waals surface area contributed by atoms with E-state index in [0.717, 1.165) is 0 Å². The molecule has 0 heterocycles. The minimum absolute atomic E-state index is 0.0253. The number of aliphatic hydroxyl groups excluding tert-OH is 1. The molecule has 11 N–H and O–H groups in total. The summed E-state index contributed by atoms with van der Waals surface area (Å²) in [4.78, 5) is 73.9. The minimum Gasteiger partial charge on any atom is -0.481 e. The molecule has 0 aromatic rings. The van der Waals surface area contributed by atoms with Crippen molar-refractivity contribution >= 4 is 35.6 Å². The topological polar surface area (TPSA) is 263 Å². The number of hydrogen-bond acceptors (Lipinski definition) is 9. The van der Waals surface area contributed by atoms with Crippen LogP contribution in [0.25, 0.3) is 0 Å². The molecule has 0 unspecified atom stereocenters. The number of hydrogen-bond donors (Lipinski definition) is 9. The molecular weight excluding hydrogens is 540 g/mol. The van der Waals surface area contributed by atoms with Crippen LogP contribution in [0.1, 0.15) is 72.6 Å². The highest BCUT2D eigenvalue weighted by Crippen LogP contribution is 2.11. The van der Waals surface area contributed by atoms with Gasteiger partial charge >= 0.3 is 11.9 Å². The van der Waals surface area contributed by atoms with Gasteiger partial charge < -0.3 is 48.1 Å². The fourth-order valence-corrected chi connectivity index (χ4v) is 3.83. The van der Waals surface area contributed by atoms with E-state index in [1.165, 1.54) is 0 Å². The van der Waals surface area contributed by atoms with Crippen LogP contribution in [0.5, 0.6) is 0 Å². The molecule has 15 nitrogen and oxygen atoms in total. The average molecular weight is 589 g/mol. The number of unbranched alkanes of at least 4 members (excludes halogenated alkanes) is 1. The maximum absolute atomic E-state index is 13.1. The molecule has 0 saturated heterocycles. The van der Waals surface area contributed by atoms with Crippen LogP contribution in [0.4, 0.5) is 0 Å². The second-order valence-corrected chi connectivity index (χ2v) is 10.5. The van der Waals surface area contributed by atoms with E-state index in [2.05, 4.69) is 21.3 Å². The van der Waals surface area contributed by atoms with Crippen LogP contribution < -0.4 is 32.7 Å². The van der Waals surface area contributed by atoms with Gasteiger partial charge in [-0.3, -0.25) is 24.0 Å². The molecule has 0 aliphatic rings. The van der Waals surface area contributed by atoms with E-state index in [0.29, 0.717) is 32.2 Å². The zero-order chi connectivity index (χ0) is 31.7. The van der Waals surface area contributed by atoms with E-state index in [9.17, 15) is 39.0 Å². The number of nitrogens with one attached hydrogen (secondary N) is 4. The molecule has 0 bridgehead atoms. The number of carboxylic acid groups (broad SMARTS) is 2. The summed E-state index contributed by atoms with van der Waals surface area (Å²) in [7, 11) is 0. The van der Waals surface area contributed by atoms with Gasteiger partial charge in [0.1, 0.15) is 24.2 Å². The van der Waals surface area contributed by atoms with E-state index >= 15 is 0 Å². The lowest BCUT2D eigenvalue weighted by molar-refractivity contribution is -0.143. The summed E-state index contributed by atoms with van der Waals surface area (Å²) in [5, 5.41) is 37.8. The van der Waals surface area contributed by atoms with Crippen molar-refractivity contribution in [2.45, 2.75) is 103 Å². The van der Waals surface area contributed by atoms with Crippen LogP contribution in [0.2, 0.25) is 0 Å². The molecule has 0 fully saturated rings. The molecule has 41 heavy (non-hydrogen) atoms. The first-order valence-corrected chi connectivity index (χ1v) is 13.9. The Morgan fingerprint density at radius 3 is 1.80 bits per heavy atom. The first-order valence-electron chi connectivity index (χ1n) is 13.9. The molecule has 0 radical (unpaired) electrons. The first-order chi connectivity index (χ1) is 19.2. The number of carbonyl (C=O) groups is 6. The fourth-order valence-electron chi connectivity index (χ4n) is 3.83. The molecule has 236 valence electrons. The molecule has 0 aliphatic heterocycles. The van der Waals surface area contributed by atoms with Crippen LogP contribution in [0, 0.1) is 11.8 Å². The highest BCUT2D eigenvalue weighted by atomic mass is 16.4. The Bertz CT molecular complexity index is 886. The number of amides is 4. The average Bonchev–Trinajstić information content (AvgIpc) is 2.90. The monoisotopic (exact) mass is 588 g/mol. The normalized spacial score (nSPS) is 15.5. The van der Waals surface area contributed by atoms with Crippen molar-refractivity contribution in [3.05, 3.63) is 0 Å². The minimum atomic E-state index is -1.50. The molecule has 0 saturated carbocycles. The molecule has 0 rings (SSSR count). The Balaban J connectivity index is 5.58. The van der Waals surface area contributed by atoms with Crippen molar-refractivity contribution in [1.29, 1.82) is 0 Å². The van der Waals surface area contributed by atoms with Gasteiger partial charge in [0, 0.05) is 6.42 Å². The predicted octanol–water partition coefficient (Wildman–Crippen LogP) is -1.58. The summed E-state index contributed by atoms with van der Waals surface area (Å²) < 4.78 is 0. The van der Waals surface area contributed by atoms with Gasteiger partial charge in [-0.1, -0.05) is 40.5 Å². The van der Waals surface area contributed by atoms with E-state index in [4.69, 9.17) is 16.6 Å². The van der Waals surface area contributed by atoms with Crippen LogP contribution in [-0.4, -0.2) is 94.2 Å². The standard InChI is InChI=1S/C26H48N6O9/c1-5-15(4)21(25(39)29-17(26(40)41)9-10-20(34)35)32-24(38)19(13-33)31-23(37)18(12-14(2)3)30-22(36)16(28)8-6-7-11-27/h14-19,21,33H,5-13,27-28H2,1-4H3,(H,29,39)(H,30,36)(H,31,37)(H,32,38)(H,34,35)(H,40,41)/t15-,16-,17-,18-,19-,21-/m0/s1. The van der Waals surface area contributed by atoms with Gasteiger partial charge in [0.25, 0.3) is 0 Å². The highest BCUT2D eigenvalue weighted by Gasteiger charge is 2.33. The Hall–Kier alpha value is -3.30. The molecule has 0 aromatic carbocycles. The molecular formula is C26H48N6O9. The lowest BCUT2D eigenvalue weighted by Crippen LogP contribution is -2.60. The maximum atomic E-state index is 13.1. The second-order valence-electron chi connectivity index (χ2n) is 10.5. The number of aliphatic hydroxyl groups is 1. The number of aliphatic carboxylic acids is 2. The van der Waals surface area contributed by atoms with Crippen LogP contribution in [-0.2, 0) is 28.8 Å². The molecule has 15 heteroatoms. The van der Waals surface area contributed by atoms with Gasteiger partial charge in [0.05, 0.1) is 12.6 Å². The molecule has 4 amide bonds. The highest BCUT2D eigenvalue weighted by molar-refractivity contribution is 5.95.